The van der Waals surface area contributed by atoms with Crippen LogP contribution in [0.1, 0.15) is 290 Å². The summed E-state index contributed by atoms with van der Waals surface area (Å²) in [6.45, 7) is 6.41. The van der Waals surface area contributed by atoms with Crippen molar-refractivity contribution < 1.29 is 28.6 Å². The minimum absolute atomic E-state index is 0.0917. The summed E-state index contributed by atoms with van der Waals surface area (Å²) >= 11 is 0. The van der Waals surface area contributed by atoms with E-state index >= 15 is 0 Å². The molecule has 0 heterocycles. The van der Waals surface area contributed by atoms with Gasteiger partial charge < -0.3 is 14.2 Å². The van der Waals surface area contributed by atoms with Gasteiger partial charge in [-0.05, 0) is 116 Å². The Morgan fingerprint density at radius 1 is 0.288 bits per heavy atom. The van der Waals surface area contributed by atoms with E-state index in [4.69, 9.17) is 14.2 Å². The smallest absolute Gasteiger partial charge is 0.306 e. The Labute approximate surface area is 451 Å². The molecule has 0 radical (unpaired) electrons. The fourth-order valence-corrected chi connectivity index (χ4v) is 8.50. The number of rotatable bonds is 55. The molecule has 418 valence electrons. The van der Waals surface area contributed by atoms with Crippen LogP contribution in [0.4, 0.5) is 0 Å². The van der Waals surface area contributed by atoms with Gasteiger partial charge in [-0.1, -0.05) is 253 Å². The van der Waals surface area contributed by atoms with Crippen LogP contribution in [0.25, 0.3) is 0 Å². The highest BCUT2D eigenvalue weighted by atomic mass is 16.6. The first-order valence-corrected chi connectivity index (χ1v) is 30.7. The standard InChI is InChI=1S/C67H114O6/c1-4-7-10-13-16-19-22-25-28-31-32-33-34-37-39-42-45-48-51-54-57-60-66(69)72-63-64(73-67(70)61-58-55-52-49-46-43-40-36-30-27-24-21-18-15-12-9-6-3)62-71-65(68)59-56-53-50-47-44-41-38-35-29-26-23-20-17-14-11-8-5-2/h8-9,11-12,17-18,20-21,26-27,29-32,40,43,64H,4-7,10,13-16,19,22-25,28,33-39,41-42,44-63H2,1-3H3/b11-8-,12-9-,20-17-,21-18-,29-26-,30-27-,32-31-,43-40-. The summed E-state index contributed by atoms with van der Waals surface area (Å²) in [6.07, 6.45) is 81.2. The molecule has 0 N–H and O–H groups in total. The predicted molar refractivity (Wildman–Crippen MR) is 316 cm³/mol. The highest BCUT2D eigenvalue weighted by Crippen LogP contribution is 2.15. The van der Waals surface area contributed by atoms with E-state index < -0.39 is 6.10 Å². The van der Waals surface area contributed by atoms with E-state index in [1.807, 2.05) is 0 Å². The van der Waals surface area contributed by atoms with Gasteiger partial charge in [0.2, 0.25) is 0 Å². The van der Waals surface area contributed by atoms with Crippen LogP contribution in [0.2, 0.25) is 0 Å². The van der Waals surface area contributed by atoms with Crippen molar-refractivity contribution in [2.75, 3.05) is 13.2 Å². The highest BCUT2D eigenvalue weighted by Gasteiger charge is 2.19. The summed E-state index contributed by atoms with van der Waals surface area (Å²) in [5.74, 6) is -0.921. The molecule has 0 fully saturated rings. The molecule has 0 aliphatic carbocycles. The van der Waals surface area contributed by atoms with Gasteiger partial charge in [0.25, 0.3) is 0 Å². The lowest BCUT2D eigenvalue weighted by atomic mass is 10.1. The van der Waals surface area contributed by atoms with Crippen molar-refractivity contribution in [1.29, 1.82) is 0 Å². The van der Waals surface area contributed by atoms with E-state index in [0.717, 1.165) is 122 Å². The Bertz CT molecular complexity index is 1440. The molecule has 0 saturated carbocycles. The summed E-state index contributed by atoms with van der Waals surface area (Å²) in [6, 6.07) is 0. The first-order valence-electron chi connectivity index (χ1n) is 30.7. The van der Waals surface area contributed by atoms with Crippen molar-refractivity contribution in [3.05, 3.63) is 97.2 Å². The number of hydrogen-bond acceptors (Lipinski definition) is 6. The molecule has 73 heavy (non-hydrogen) atoms. The third-order valence-electron chi connectivity index (χ3n) is 13.1. The van der Waals surface area contributed by atoms with Crippen LogP contribution in [0, 0.1) is 0 Å². The molecule has 6 nitrogen and oxygen atoms in total. The third-order valence-corrected chi connectivity index (χ3v) is 13.1. The predicted octanol–water partition coefficient (Wildman–Crippen LogP) is 20.9. The number of carbonyl (C=O) groups is 3. The van der Waals surface area contributed by atoms with Crippen molar-refractivity contribution in [3.8, 4) is 0 Å². The van der Waals surface area contributed by atoms with Gasteiger partial charge >= 0.3 is 17.9 Å². The topological polar surface area (TPSA) is 78.9 Å². The van der Waals surface area contributed by atoms with Crippen molar-refractivity contribution in [2.45, 2.75) is 297 Å². The molecule has 0 spiro atoms. The molecule has 6 heteroatoms. The second-order valence-corrected chi connectivity index (χ2v) is 20.2. The Balaban J connectivity index is 4.42. The van der Waals surface area contributed by atoms with Crippen molar-refractivity contribution in [1.82, 2.24) is 0 Å². The zero-order valence-corrected chi connectivity index (χ0v) is 47.9. The number of ether oxygens (including phenoxy) is 3. The van der Waals surface area contributed by atoms with Crippen LogP contribution >= 0.6 is 0 Å². The third kappa shape index (κ3) is 59.1. The van der Waals surface area contributed by atoms with Gasteiger partial charge in [-0.3, -0.25) is 14.4 Å². The van der Waals surface area contributed by atoms with Crippen LogP contribution in [0.15, 0.2) is 97.2 Å². The highest BCUT2D eigenvalue weighted by molar-refractivity contribution is 5.71. The Hall–Kier alpha value is -3.67. The number of esters is 3. The SMILES string of the molecule is CC/C=C\C/C=C\C/C=C\C/C=C\CCCCCCC(=O)OC(COC(=O)CCCCCCCCC/C=C\C/C=C\C/C=C\CC)COC(=O)CCCCCCCCCCC/C=C\CCCCCCCCCC. The fraction of sp³-hybridized carbons (Fsp3) is 0.716. The summed E-state index contributed by atoms with van der Waals surface area (Å²) < 4.78 is 16.9. The van der Waals surface area contributed by atoms with E-state index in [-0.39, 0.29) is 31.1 Å². The van der Waals surface area contributed by atoms with Crippen molar-refractivity contribution in [2.24, 2.45) is 0 Å². The van der Waals surface area contributed by atoms with E-state index in [1.54, 1.807) is 0 Å². The molecule has 0 saturated heterocycles. The van der Waals surface area contributed by atoms with Crippen LogP contribution in [-0.2, 0) is 28.6 Å². The van der Waals surface area contributed by atoms with Crippen LogP contribution < -0.4 is 0 Å². The zero-order valence-electron chi connectivity index (χ0n) is 47.9. The average molecular weight is 1020 g/mol. The van der Waals surface area contributed by atoms with Crippen LogP contribution in [0.3, 0.4) is 0 Å². The Kier molecular flexibility index (Phi) is 57.8. The normalized spacial score (nSPS) is 12.8. The van der Waals surface area contributed by atoms with Gasteiger partial charge in [0.05, 0.1) is 0 Å². The molecule has 0 amide bonds. The first-order chi connectivity index (χ1) is 36.0. The van der Waals surface area contributed by atoms with Gasteiger partial charge in [-0.25, -0.2) is 0 Å². The summed E-state index contributed by atoms with van der Waals surface area (Å²) in [7, 11) is 0. The van der Waals surface area contributed by atoms with E-state index in [0.29, 0.717) is 19.3 Å². The maximum atomic E-state index is 12.9. The summed E-state index contributed by atoms with van der Waals surface area (Å²) in [4.78, 5) is 38.3. The molecule has 0 aromatic rings. The quantitative estimate of drug-likeness (QED) is 0.0261. The van der Waals surface area contributed by atoms with Gasteiger partial charge in [0.1, 0.15) is 13.2 Å². The lowest BCUT2D eigenvalue weighted by Crippen LogP contribution is -2.30. The zero-order chi connectivity index (χ0) is 52.9. The monoisotopic (exact) mass is 1010 g/mol. The van der Waals surface area contributed by atoms with E-state index in [1.165, 1.54) is 128 Å². The number of allylic oxidation sites excluding steroid dienone is 16. The molecule has 1 atom stereocenters. The maximum absolute atomic E-state index is 12.9. The number of hydrogen-bond donors (Lipinski definition) is 0. The van der Waals surface area contributed by atoms with Gasteiger partial charge in [-0.15, -0.1) is 0 Å². The first kappa shape index (κ1) is 69.3. The number of carbonyl (C=O) groups excluding carboxylic acids is 3. The van der Waals surface area contributed by atoms with Gasteiger partial charge in [0, 0.05) is 19.3 Å². The van der Waals surface area contributed by atoms with Crippen molar-refractivity contribution >= 4 is 17.9 Å². The molecule has 0 aliphatic rings. The van der Waals surface area contributed by atoms with Crippen LogP contribution in [0.5, 0.6) is 0 Å². The second-order valence-electron chi connectivity index (χ2n) is 20.2. The molecular formula is C67H114O6. The molecule has 0 aliphatic heterocycles. The second kappa shape index (κ2) is 60.9. The van der Waals surface area contributed by atoms with Crippen molar-refractivity contribution in [3.63, 3.8) is 0 Å². The molecular weight excluding hydrogens is 901 g/mol. The van der Waals surface area contributed by atoms with E-state index in [9.17, 15) is 14.4 Å². The molecule has 0 aromatic heterocycles. The van der Waals surface area contributed by atoms with E-state index in [2.05, 4.69) is 118 Å². The Morgan fingerprint density at radius 3 is 0.849 bits per heavy atom. The number of unbranched alkanes of at least 4 members (excludes halogenated alkanes) is 28. The van der Waals surface area contributed by atoms with Gasteiger partial charge in [0.15, 0.2) is 6.10 Å². The summed E-state index contributed by atoms with van der Waals surface area (Å²) in [5, 5.41) is 0. The molecule has 0 rings (SSSR count). The minimum Gasteiger partial charge on any atom is -0.462 e. The Morgan fingerprint density at radius 2 is 0.534 bits per heavy atom. The summed E-state index contributed by atoms with van der Waals surface area (Å²) in [5.41, 5.74) is 0. The molecule has 1 unspecified atom stereocenters. The lowest BCUT2D eigenvalue weighted by Gasteiger charge is -2.18. The van der Waals surface area contributed by atoms with Gasteiger partial charge in [-0.2, -0.15) is 0 Å². The maximum Gasteiger partial charge on any atom is 0.306 e. The van der Waals surface area contributed by atoms with Crippen LogP contribution in [-0.4, -0.2) is 37.2 Å². The largest absolute Gasteiger partial charge is 0.462 e. The average Bonchev–Trinajstić information content (AvgIpc) is 3.39. The minimum atomic E-state index is -0.798. The fourth-order valence-electron chi connectivity index (χ4n) is 8.50. The molecule has 0 aromatic carbocycles. The lowest BCUT2D eigenvalue weighted by molar-refractivity contribution is -0.167. The molecule has 0 bridgehead atoms.